The van der Waals surface area contributed by atoms with Gasteiger partial charge in [0.05, 0.1) is 37.5 Å². The number of phenolic OH excluding ortho intramolecular Hbond substituents is 2. The summed E-state index contributed by atoms with van der Waals surface area (Å²) >= 11 is 0. The summed E-state index contributed by atoms with van der Waals surface area (Å²) in [5.41, 5.74) is 18.8. The molecule has 0 saturated heterocycles. The van der Waals surface area contributed by atoms with E-state index in [1.54, 1.807) is 24.3 Å². The molecule has 0 aliphatic carbocycles. The molecule has 1 heterocycles. The van der Waals surface area contributed by atoms with E-state index in [-0.39, 0.29) is 102 Å². The van der Waals surface area contributed by atoms with Gasteiger partial charge in [0.15, 0.2) is 6.04 Å². The fraction of sp³-hybridized carbons (Fsp3) is 0.549. The SMILES string of the molecule is CC(C)[C@H](NC(=O)CNC(=O)[C@H](C)NC(=O)[C@H](CCCCCC(=O)O)NC(=O)[C@H](Cc1ccc(O)cc1)NC(=O)[C@@H](NC(=O)[C@H](CCCCN)NC(=O)[C@@H](NC(=O)[C@H](C)N)[C@@H](C)O)[C@@H](C)O)C(=O)N[C@@H](CCCCN)C(=O)N[C@@H](CCC(=O)O)C(=O)N[C@@H](Cc1ccc(O)cc1)C(=O)N[C@@H](Cc1c[nH]c2ccccc12)C(=O)N[C@@H](CO)C(=O)N[C@H](C(=O)O)[C@@H](C)O. The quantitative estimate of drug-likeness (QED) is 0.0183. The second-order valence-electron chi connectivity index (χ2n) is 31.0. The second kappa shape index (κ2) is 53.6. The molecule has 126 heavy (non-hydrogen) atoms. The number of nitrogens with two attached hydrogens (primary N) is 3. The largest absolute Gasteiger partial charge is 0.508 e. The minimum atomic E-state index is -1.88. The first kappa shape index (κ1) is 106. The van der Waals surface area contributed by atoms with E-state index >= 15 is 0 Å². The van der Waals surface area contributed by atoms with E-state index in [1.807, 2.05) is 5.32 Å². The van der Waals surface area contributed by atoms with Crippen LogP contribution in [0.1, 0.15) is 149 Å². The van der Waals surface area contributed by atoms with Crippen LogP contribution in [0.5, 0.6) is 11.5 Å². The van der Waals surface area contributed by atoms with Crippen molar-refractivity contribution >= 4 is 112 Å². The molecule has 1 aromatic heterocycles. The van der Waals surface area contributed by atoms with E-state index in [0.717, 1.165) is 13.8 Å². The van der Waals surface area contributed by atoms with Crippen LogP contribution in [0.15, 0.2) is 79.0 Å². The number of H-pyrrole nitrogens is 1. The number of nitrogens with one attached hydrogen (secondary N) is 15. The van der Waals surface area contributed by atoms with Crippen molar-refractivity contribution in [3.05, 3.63) is 95.7 Å². The molecule has 3 aromatic carbocycles. The fourth-order valence-corrected chi connectivity index (χ4v) is 12.8. The van der Waals surface area contributed by atoms with E-state index in [9.17, 15) is 127 Å². The van der Waals surface area contributed by atoms with Gasteiger partial charge in [0.25, 0.3) is 0 Å². The lowest BCUT2D eigenvalue weighted by Gasteiger charge is -2.29. The average molecular weight is 1780 g/mol. The number of rotatable bonds is 57. The Morgan fingerprint density at radius 2 is 0.746 bits per heavy atom. The summed E-state index contributed by atoms with van der Waals surface area (Å²) in [5.74, 6) is -20.2. The molecule has 44 nitrogen and oxygen atoms in total. The minimum absolute atomic E-state index is 0.0934. The summed E-state index contributed by atoms with van der Waals surface area (Å²) < 4.78 is 0. The van der Waals surface area contributed by atoms with Gasteiger partial charge in [0.2, 0.25) is 82.7 Å². The zero-order chi connectivity index (χ0) is 94.2. The van der Waals surface area contributed by atoms with Gasteiger partial charge in [-0.2, -0.15) is 0 Å². The van der Waals surface area contributed by atoms with Crippen LogP contribution in [0.2, 0.25) is 0 Å². The number of benzene rings is 3. The third-order valence-electron chi connectivity index (χ3n) is 20.0. The molecule has 0 aliphatic heterocycles. The van der Waals surface area contributed by atoms with E-state index in [0.29, 0.717) is 34.0 Å². The molecule has 4 aromatic rings. The summed E-state index contributed by atoms with van der Waals surface area (Å²) in [4.78, 5) is 236. The number of carboxylic acids is 3. The predicted molar refractivity (Wildman–Crippen MR) is 451 cm³/mol. The molecule has 0 fully saturated rings. The number of aliphatic carboxylic acids is 3. The molecule has 0 unspecified atom stereocenters. The van der Waals surface area contributed by atoms with Crippen LogP contribution >= 0.6 is 0 Å². The number of aliphatic hydroxyl groups excluding tert-OH is 4. The molecule has 44 heteroatoms. The summed E-state index contributed by atoms with van der Waals surface area (Å²) in [6.45, 7) is 7.26. The number of hydrogen-bond donors (Lipinski definition) is 27. The number of carboxylic acid groups (broad SMARTS) is 3. The van der Waals surface area contributed by atoms with Crippen LogP contribution in [0, 0.1) is 5.92 Å². The maximum absolute atomic E-state index is 14.8. The Hall–Kier alpha value is -12.5. The molecule has 0 aliphatic rings. The van der Waals surface area contributed by atoms with Gasteiger partial charge in [-0.3, -0.25) is 76.7 Å². The van der Waals surface area contributed by atoms with Crippen molar-refractivity contribution in [3.63, 3.8) is 0 Å². The highest BCUT2D eigenvalue weighted by molar-refractivity contribution is 6.01. The number of aromatic hydroxyl groups is 2. The highest BCUT2D eigenvalue weighted by Crippen LogP contribution is 2.22. The Kier molecular flexibility index (Phi) is 45.1. The number of carbonyl (C=O) groups excluding carboxylic acids is 14. The molecule has 0 radical (unpaired) electrons. The smallest absolute Gasteiger partial charge is 0.328 e. The lowest BCUT2D eigenvalue weighted by Crippen LogP contribution is -2.62. The van der Waals surface area contributed by atoms with Crippen LogP contribution in [0.25, 0.3) is 10.9 Å². The van der Waals surface area contributed by atoms with Gasteiger partial charge < -0.3 is 143 Å². The number of hydrogen-bond acceptors (Lipinski definition) is 26. The minimum Gasteiger partial charge on any atom is -0.508 e. The Morgan fingerprint density at radius 1 is 0.373 bits per heavy atom. The van der Waals surface area contributed by atoms with Crippen molar-refractivity contribution in [3.8, 4) is 11.5 Å². The molecule has 17 atom stereocenters. The first-order chi connectivity index (χ1) is 59.5. The van der Waals surface area contributed by atoms with Crippen molar-refractivity contribution < 1.29 is 127 Å². The first-order valence-corrected chi connectivity index (χ1v) is 41.3. The van der Waals surface area contributed by atoms with Crippen LogP contribution in [-0.2, 0) is 101 Å². The number of aromatic amines is 1. The van der Waals surface area contributed by atoms with Gasteiger partial charge >= 0.3 is 17.9 Å². The lowest BCUT2D eigenvalue weighted by molar-refractivity contribution is -0.145. The molecular formula is C82H122N18O26. The highest BCUT2D eigenvalue weighted by Gasteiger charge is 2.40. The zero-order valence-corrected chi connectivity index (χ0v) is 71.2. The molecule has 14 amide bonds. The number of fused-ring (bicyclic) bond motifs is 1. The normalized spacial score (nSPS) is 15.3. The fourth-order valence-electron chi connectivity index (χ4n) is 12.8. The number of phenols is 2. The Labute approximate surface area is 726 Å². The molecule has 696 valence electrons. The van der Waals surface area contributed by atoms with E-state index < -0.39 is 242 Å². The van der Waals surface area contributed by atoms with Crippen molar-refractivity contribution in [2.24, 2.45) is 23.1 Å². The van der Waals surface area contributed by atoms with Crippen LogP contribution in [0.4, 0.5) is 0 Å². The molecule has 0 saturated carbocycles. The van der Waals surface area contributed by atoms with Gasteiger partial charge in [-0.1, -0.05) is 69.2 Å². The van der Waals surface area contributed by atoms with Gasteiger partial charge in [0.1, 0.15) is 84.0 Å². The third-order valence-corrected chi connectivity index (χ3v) is 20.0. The van der Waals surface area contributed by atoms with Crippen molar-refractivity contribution in [2.45, 2.75) is 254 Å². The predicted octanol–water partition coefficient (Wildman–Crippen LogP) is -5.57. The summed E-state index contributed by atoms with van der Waals surface area (Å²) in [5, 5.41) is 125. The number of aromatic nitrogens is 1. The monoisotopic (exact) mass is 1770 g/mol. The number of aliphatic hydroxyl groups is 4. The van der Waals surface area contributed by atoms with Crippen LogP contribution in [0.3, 0.4) is 0 Å². The summed E-state index contributed by atoms with van der Waals surface area (Å²) in [6.07, 6.45) is -5.18. The van der Waals surface area contributed by atoms with Crippen molar-refractivity contribution in [1.29, 1.82) is 0 Å². The Bertz CT molecular complexity index is 4340. The maximum atomic E-state index is 14.8. The second-order valence-corrected chi connectivity index (χ2v) is 31.0. The number of carbonyl (C=O) groups is 17. The van der Waals surface area contributed by atoms with Gasteiger partial charge in [-0.15, -0.1) is 0 Å². The van der Waals surface area contributed by atoms with Gasteiger partial charge in [0, 0.05) is 49.2 Å². The molecular weight excluding hydrogens is 1650 g/mol. The molecule has 4 rings (SSSR count). The maximum Gasteiger partial charge on any atom is 0.328 e. The summed E-state index contributed by atoms with van der Waals surface area (Å²) in [6, 6.07) is -5.41. The van der Waals surface area contributed by atoms with Crippen molar-refractivity contribution in [2.75, 3.05) is 26.2 Å². The molecule has 0 spiro atoms. The van der Waals surface area contributed by atoms with Gasteiger partial charge in [-0.05, 0) is 158 Å². The van der Waals surface area contributed by atoms with Crippen LogP contribution < -0.4 is 91.6 Å². The third kappa shape index (κ3) is 36.4. The number of amides is 14. The zero-order valence-electron chi connectivity index (χ0n) is 71.2. The van der Waals surface area contributed by atoms with Gasteiger partial charge in [-0.25, -0.2) is 4.79 Å². The Balaban J connectivity index is 1.58. The molecule has 30 N–H and O–H groups in total. The number of unbranched alkanes of at least 4 members (excludes halogenated alkanes) is 4. The highest BCUT2D eigenvalue weighted by atomic mass is 16.4. The lowest BCUT2D eigenvalue weighted by atomic mass is 10.0. The Morgan fingerprint density at radius 3 is 1.18 bits per heavy atom. The van der Waals surface area contributed by atoms with Crippen LogP contribution in [-0.4, -0.2) is 281 Å². The summed E-state index contributed by atoms with van der Waals surface area (Å²) in [7, 11) is 0. The number of para-hydroxylation sites is 1. The average Bonchev–Trinajstić information content (AvgIpc) is 1.64. The standard InChI is InChI=1S/C82H122N18O26/c1-41(2)65(79(122)91-55(20-13-15-33-83)72(115)90-57(31-32-64(110)111)73(116)93-58(35-47-23-27-50(105)28-24-47)76(119)94-60(37-49-38-86-53-18-12-11-17-52(49)53)77(120)96-61(40-101)78(121)100-68(46(7)104)82(125)126)97-62(107)39-87-70(113)43(4)88-71(114)54(19-9-8-10-22-63(108)109)89-75(118)59(36-48-25-29-51(106)30-26-48)95-81(124)67(45(6)103)99-74(117)56(21-14-16-34-84)92-80(123)66(44(5)102)98-69(112)42(3)85/h11-12,17-18,23-30,38,41-46,54-61,65-68,86,101-106H,8-10,13-16,19-22,31-37,39-40,83-85H2,1-7H3,(H,87,113)(H,88,114)(H,89,118)(H,90,115)(H,91,122)(H,92,123)(H,93,116)(H,94,119)(H,95,124)(H,96,120)(H,97,107)(H,98,112)(H,99,117)(H,100,121)(H,108,109)(H,110,111)(H,125,126)/t42-,43-,44+,45+,46+,54-,55-,56-,57-,58-,59-,60-,61-,65-,66-,67-,68-/m0/s1. The van der Waals surface area contributed by atoms with E-state index in [4.69, 9.17) is 17.2 Å². The van der Waals surface area contributed by atoms with Crippen molar-refractivity contribution in [1.82, 2.24) is 79.4 Å². The van der Waals surface area contributed by atoms with E-state index in [2.05, 4.69) is 74.1 Å². The first-order valence-electron chi connectivity index (χ1n) is 41.3. The molecule has 0 bridgehead atoms. The topological polar surface area (TPSA) is 735 Å². The van der Waals surface area contributed by atoms with E-state index in [1.165, 1.54) is 89.3 Å².